The number of carbonyl (C=O) groups excluding carboxylic acids is 6. The van der Waals surface area contributed by atoms with Crippen molar-refractivity contribution < 1.29 is 87.9 Å². The van der Waals surface area contributed by atoms with Crippen LogP contribution in [0.1, 0.15) is 78.1 Å². The highest BCUT2D eigenvalue weighted by molar-refractivity contribution is 5.86. The summed E-state index contributed by atoms with van der Waals surface area (Å²) in [6.07, 6.45) is -3.72. The van der Waals surface area contributed by atoms with E-state index in [2.05, 4.69) is 52.5 Å². The molecule has 0 aromatic carbocycles. The minimum atomic E-state index is -1.76. The van der Waals surface area contributed by atoms with Crippen molar-refractivity contribution >= 4 is 59.9 Å². The van der Waals surface area contributed by atoms with Gasteiger partial charge in [0.1, 0.15) is 12.2 Å². The Balaban J connectivity index is 1.58. The van der Waals surface area contributed by atoms with E-state index in [9.17, 15) is 69.0 Å². The second-order valence-corrected chi connectivity index (χ2v) is 17.4. The predicted molar refractivity (Wildman–Crippen MR) is 267 cm³/mol. The van der Waals surface area contributed by atoms with Crippen LogP contribution in [-0.4, -0.2) is 204 Å². The average Bonchev–Trinajstić information content (AvgIpc) is 3.34. The van der Waals surface area contributed by atoms with E-state index < -0.39 is 133 Å². The first-order valence-corrected chi connectivity index (χ1v) is 24.5. The zero-order valence-electron chi connectivity index (χ0n) is 42.4. The molecule has 32 nitrogen and oxygen atoms in total. The summed E-state index contributed by atoms with van der Waals surface area (Å²) < 4.78 is 21.7. The molecule has 76 heavy (non-hydrogen) atoms. The molecule has 430 valence electrons. The number of rotatable bonds is 33. The molecular formula is C44H76N14O18. The number of nitrogens with two attached hydrogens (primary N) is 4. The Morgan fingerprint density at radius 2 is 0.816 bits per heavy atom. The lowest BCUT2D eigenvalue weighted by Crippen LogP contribution is -2.61. The van der Waals surface area contributed by atoms with Crippen LogP contribution in [-0.2, 0) is 38.1 Å². The molecule has 10 atom stereocenters. The fourth-order valence-corrected chi connectivity index (χ4v) is 7.63. The van der Waals surface area contributed by atoms with Crippen molar-refractivity contribution in [3.63, 3.8) is 0 Å². The van der Waals surface area contributed by atoms with Crippen LogP contribution in [0.25, 0.3) is 0 Å². The molecule has 0 saturated heterocycles. The van der Waals surface area contributed by atoms with Gasteiger partial charge in [0.15, 0.2) is 36.3 Å². The second-order valence-electron chi connectivity index (χ2n) is 17.4. The molecular weight excluding hydrogens is 1010 g/mol. The van der Waals surface area contributed by atoms with Crippen LogP contribution in [0.5, 0.6) is 0 Å². The van der Waals surface area contributed by atoms with Gasteiger partial charge in [-0.15, -0.1) is 0 Å². The van der Waals surface area contributed by atoms with E-state index in [4.69, 9.17) is 41.9 Å². The number of urea groups is 2. The van der Waals surface area contributed by atoms with E-state index in [1.165, 1.54) is 0 Å². The van der Waals surface area contributed by atoms with Crippen molar-refractivity contribution in [3.8, 4) is 0 Å². The molecule has 0 aliphatic carbocycles. The first-order valence-electron chi connectivity index (χ1n) is 24.5. The van der Waals surface area contributed by atoms with Crippen LogP contribution < -0.4 is 65.5 Å². The number of aliphatic hydroxyl groups is 4. The van der Waals surface area contributed by atoms with Gasteiger partial charge in [0.25, 0.3) is 0 Å². The molecule has 0 unspecified atom stereocenters. The Labute approximate surface area is 437 Å². The molecule has 22 N–H and O–H groups in total. The van der Waals surface area contributed by atoms with Gasteiger partial charge in [0.2, 0.25) is 23.3 Å². The van der Waals surface area contributed by atoms with Crippen molar-refractivity contribution in [2.24, 2.45) is 32.9 Å². The number of carboxylic acid groups (broad SMARTS) is 2. The van der Waals surface area contributed by atoms with Crippen LogP contribution in [0.4, 0.5) is 19.2 Å². The topological polar surface area (TPSA) is 520 Å². The largest absolute Gasteiger partial charge is 0.477 e. The Morgan fingerprint density at radius 1 is 0.526 bits per heavy atom. The number of amides is 8. The molecule has 2 rings (SSSR count). The maximum absolute atomic E-state index is 12.7. The summed E-state index contributed by atoms with van der Waals surface area (Å²) in [6, 6.07) is -5.54. The molecule has 0 spiro atoms. The number of aliphatic hydroxyl groups excluding tert-OH is 4. The quantitative estimate of drug-likeness (QED) is 0.0167. The third-order valence-corrected chi connectivity index (χ3v) is 11.1. The molecule has 0 aromatic heterocycles. The van der Waals surface area contributed by atoms with Crippen LogP contribution >= 0.6 is 0 Å². The molecule has 8 amide bonds. The summed E-state index contributed by atoms with van der Waals surface area (Å²) in [5.74, 6) is -6.44. The predicted octanol–water partition coefficient (Wildman–Crippen LogP) is -4.59. The maximum atomic E-state index is 12.7. The Bertz CT molecular complexity index is 1900. The van der Waals surface area contributed by atoms with E-state index in [1.807, 2.05) is 0 Å². The van der Waals surface area contributed by atoms with Gasteiger partial charge in [0, 0.05) is 53.1 Å². The van der Waals surface area contributed by atoms with Gasteiger partial charge in [-0.1, -0.05) is 25.7 Å². The van der Waals surface area contributed by atoms with Gasteiger partial charge in [-0.2, -0.15) is 0 Å². The summed E-state index contributed by atoms with van der Waals surface area (Å²) in [4.78, 5) is 105. The van der Waals surface area contributed by atoms with Gasteiger partial charge in [-0.3, -0.25) is 9.59 Å². The molecule has 2 aliphatic heterocycles. The monoisotopic (exact) mass is 1090 g/mol. The second kappa shape index (κ2) is 34.8. The van der Waals surface area contributed by atoms with Crippen LogP contribution in [0.15, 0.2) is 33.7 Å². The normalized spacial score (nSPS) is 20.2. The fraction of sp³-hybridized carbons (Fsp3) is 0.682. The summed E-state index contributed by atoms with van der Waals surface area (Å²) in [7, 11) is 0. The van der Waals surface area contributed by atoms with Crippen LogP contribution in [0.3, 0.4) is 0 Å². The van der Waals surface area contributed by atoms with E-state index in [0.717, 1.165) is 26.0 Å². The number of unbranched alkanes of at least 4 members (excludes halogenated alkanes) is 7. The van der Waals surface area contributed by atoms with E-state index >= 15 is 0 Å². The highest BCUT2D eigenvalue weighted by atomic mass is 16.6. The summed E-state index contributed by atoms with van der Waals surface area (Å²) in [6.45, 7) is 2.30. The number of aliphatic imine (C=N–C) groups is 2. The fourth-order valence-electron chi connectivity index (χ4n) is 7.63. The van der Waals surface area contributed by atoms with Crippen LogP contribution in [0, 0.1) is 0 Å². The molecule has 2 heterocycles. The Hall–Kier alpha value is -7.58. The lowest BCUT2D eigenvalue weighted by molar-refractivity contribution is -0.147. The van der Waals surface area contributed by atoms with Crippen molar-refractivity contribution in [2.45, 2.75) is 139 Å². The standard InChI is InChI=1S/C44H76N14O18/c1-23(61)55-31-25(57-39(45)46)19-29(37(65)66)73-35(31)33(27(63)21-59)75-43(71)53-17-9-5-3-7-13-49-41(69)51-15-11-12-16-52-42(70)50-14-8-4-6-10-18-54-44(72)76-34(28(64)22-60)36-32(56-24(2)62)26(58-40(47)48)20-30(74-36)38(67)68/h19-20,25-28,31-36,59-60,63-64H,3-18,21-22H2,1-2H3,(H,53,71)(H,54,72)(H,55,61)(H,56,62)(H,65,66)(H,67,68)(H4,45,46,57)(H4,47,48,58)(H2,49,51,69)(H2,50,52,70)/t25-,26-,27+,28+,31+,32+,33+,34+,35+,36+/m0/s1. The smallest absolute Gasteiger partial charge is 0.407 e. The van der Waals surface area contributed by atoms with Gasteiger partial charge in [-0.05, 0) is 50.7 Å². The number of hydrogen-bond acceptors (Lipinski definition) is 18. The maximum Gasteiger partial charge on any atom is 0.407 e. The minimum absolute atomic E-state index is 0.145. The number of nitrogens with zero attached hydrogens (tertiary/aromatic N) is 2. The summed E-state index contributed by atoms with van der Waals surface area (Å²) in [5, 5.41) is 80.7. The average molecular weight is 1090 g/mol. The van der Waals surface area contributed by atoms with Gasteiger partial charge >= 0.3 is 36.2 Å². The van der Waals surface area contributed by atoms with Crippen molar-refractivity contribution in [3.05, 3.63) is 23.7 Å². The molecule has 0 fully saturated rings. The zero-order valence-corrected chi connectivity index (χ0v) is 42.4. The third-order valence-electron chi connectivity index (χ3n) is 11.1. The van der Waals surface area contributed by atoms with Crippen molar-refractivity contribution in [2.75, 3.05) is 52.5 Å². The number of carboxylic acids is 2. The van der Waals surface area contributed by atoms with Crippen LogP contribution in [0.2, 0.25) is 0 Å². The number of alkyl carbamates (subject to hydrolysis) is 2. The highest BCUT2D eigenvalue weighted by Gasteiger charge is 2.48. The van der Waals surface area contributed by atoms with Gasteiger partial charge < -0.3 is 115 Å². The van der Waals surface area contributed by atoms with Gasteiger partial charge in [0.05, 0.1) is 37.4 Å². The number of nitrogens with one attached hydrogen (secondary N) is 8. The number of aliphatic carboxylic acids is 2. The number of guanidine groups is 2. The number of hydrogen-bond donors (Lipinski definition) is 18. The molecule has 2 aliphatic rings. The molecule has 0 radical (unpaired) electrons. The van der Waals surface area contributed by atoms with E-state index in [0.29, 0.717) is 90.4 Å². The minimum Gasteiger partial charge on any atom is -0.477 e. The molecule has 0 bridgehead atoms. The summed E-state index contributed by atoms with van der Waals surface area (Å²) in [5.41, 5.74) is 22.0. The summed E-state index contributed by atoms with van der Waals surface area (Å²) >= 11 is 0. The zero-order chi connectivity index (χ0) is 56.7. The van der Waals surface area contributed by atoms with E-state index in [-0.39, 0.29) is 25.2 Å². The first-order chi connectivity index (χ1) is 36.1. The van der Waals surface area contributed by atoms with Gasteiger partial charge in [-0.25, -0.2) is 38.8 Å². The highest BCUT2D eigenvalue weighted by Crippen LogP contribution is 2.28. The van der Waals surface area contributed by atoms with E-state index in [1.54, 1.807) is 0 Å². The SMILES string of the molecule is CC(=O)N[C@H]1[C@H]([C@H](OC(=O)NCCCCCCNC(=O)NCCCCNC(=O)NCCCCCCNC(=O)O[C@@H]([C@@H]2OC(C(=O)O)=C[C@H](N=C(N)N)[C@H]2NC(C)=O)[C@H](O)CO)[C@H](O)CO)OC(C(=O)O)=C[C@@H]1N=C(N)N. The molecule has 32 heteroatoms. The first kappa shape index (κ1) is 64.5. The lowest BCUT2D eigenvalue weighted by Gasteiger charge is -2.39. The lowest BCUT2D eigenvalue weighted by atomic mass is 9.92. The number of ether oxygens (including phenoxy) is 4. The number of carbonyl (C=O) groups is 8. The third kappa shape index (κ3) is 24.6. The Morgan fingerprint density at radius 3 is 1.08 bits per heavy atom. The van der Waals surface area contributed by atoms with Crippen molar-refractivity contribution in [1.29, 1.82) is 0 Å². The molecule has 0 saturated carbocycles. The Kier molecular flexibility index (Phi) is 29.6. The molecule has 0 aromatic rings. The van der Waals surface area contributed by atoms with Crippen molar-refractivity contribution in [1.82, 2.24) is 42.5 Å².